The molecule has 0 aliphatic heterocycles. The van der Waals surface area contributed by atoms with Gasteiger partial charge in [0.2, 0.25) is 0 Å². The Labute approximate surface area is 123 Å². The molecule has 0 saturated heterocycles. The molecule has 0 saturated carbocycles. The standard InChI is InChI=1S/C17H15ClN2/c18-14-8-10-15(11-9-14)20-17(16-7-4-12-19-16)13-5-2-1-3-6-13/h1-12,17,19-20H. The molecule has 1 atom stereocenters. The number of nitrogens with one attached hydrogen (secondary N) is 2. The van der Waals surface area contributed by atoms with E-state index in [0.29, 0.717) is 0 Å². The number of H-pyrrole nitrogens is 1. The van der Waals surface area contributed by atoms with E-state index in [1.807, 2.05) is 42.6 Å². The third kappa shape index (κ3) is 2.86. The second kappa shape index (κ2) is 5.85. The maximum Gasteiger partial charge on any atom is 0.0917 e. The summed E-state index contributed by atoms with van der Waals surface area (Å²) in [6, 6.07) is 22.3. The third-order valence-electron chi connectivity index (χ3n) is 3.22. The fourth-order valence-electron chi connectivity index (χ4n) is 2.22. The number of aromatic amines is 1. The van der Waals surface area contributed by atoms with Gasteiger partial charge in [-0.1, -0.05) is 41.9 Å². The van der Waals surface area contributed by atoms with E-state index in [9.17, 15) is 0 Å². The third-order valence-corrected chi connectivity index (χ3v) is 3.47. The number of hydrogen-bond donors (Lipinski definition) is 2. The Kier molecular flexibility index (Phi) is 3.75. The molecule has 0 fully saturated rings. The molecule has 0 spiro atoms. The molecule has 0 radical (unpaired) electrons. The quantitative estimate of drug-likeness (QED) is 0.702. The summed E-state index contributed by atoms with van der Waals surface area (Å²) in [5, 5.41) is 4.28. The van der Waals surface area contributed by atoms with Crippen molar-refractivity contribution in [3.05, 3.63) is 89.2 Å². The second-order valence-electron chi connectivity index (χ2n) is 4.62. The van der Waals surface area contributed by atoms with Gasteiger partial charge in [-0.2, -0.15) is 0 Å². The van der Waals surface area contributed by atoms with Gasteiger partial charge >= 0.3 is 0 Å². The molecule has 0 bridgehead atoms. The summed E-state index contributed by atoms with van der Waals surface area (Å²) >= 11 is 5.93. The SMILES string of the molecule is Clc1ccc(NC(c2ccccc2)c2ccc[nH]2)cc1. The fraction of sp³-hybridized carbons (Fsp3) is 0.0588. The molecular weight excluding hydrogens is 268 g/mol. The normalized spacial score (nSPS) is 12.1. The van der Waals surface area contributed by atoms with Gasteiger partial charge in [0.15, 0.2) is 0 Å². The maximum atomic E-state index is 5.93. The molecule has 1 heterocycles. The van der Waals surface area contributed by atoms with Crippen molar-refractivity contribution in [2.75, 3.05) is 5.32 Å². The van der Waals surface area contributed by atoms with E-state index < -0.39 is 0 Å². The molecule has 0 aliphatic carbocycles. The molecule has 3 heteroatoms. The van der Waals surface area contributed by atoms with Crippen LogP contribution < -0.4 is 5.32 Å². The number of rotatable bonds is 4. The van der Waals surface area contributed by atoms with Crippen LogP contribution in [-0.4, -0.2) is 4.98 Å². The van der Waals surface area contributed by atoms with Crippen LogP contribution in [0.15, 0.2) is 72.9 Å². The first-order chi connectivity index (χ1) is 9.83. The summed E-state index contributed by atoms with van der Waals surface area (Å²) in [6.07, 6.45) is 1.94. The second-order valence-corrected chi connectivity index (χ2v) is 5.06. The van der Waals surface area contributed by atoms with Gasteiger partial charge in [0.25, 0.3) is 0 Å². The van der Waals surface area contributed by atoms with Crippen molar-refractivity contribution < 1.29 is 0 Å². The molecule has 1 unspecified atom stereocenters. The zero-order valence-corrected chi connectivity index (χ0v) is 11.6. The Hall–Kier alpha value is -2.19. The molecule has 100 valence electrons. The largest absolute Gasteiger partial charge is 0.373 e. The average Bonchev–Trinajstić information content (AvgIpc) is 3.01. The monoisotopic (exact) mass is 282 g/mol. The van der Waals surface area contributed by atoms with Gasteiger partial charge in [-0.25, -0.2) is 0 Å². The first-order valence-electron chi connectivity index (χ1n) is 6.53. The van der Waals surface area contributed by atoms with E-state index in [0.717, 1.165) is 16.4 Å². The van der Waals surface area contributed by atoms with Crippen LogP contribution in [0.3, 0.4) is 0 Å². The average molecular weight is 283 g/mol. The lowest BCUT2D eigenvalue weighted by molar-refractivity contribution is 0.900. The molecule has 0 aliphatic rings. The van der Waals surface area contributed by atoms with Crippen LogP contribution in [0.25, 0.3) is 0 Å². The van der Waals surface area contributed by atoms with Crippen LogP contribution in [0.5, 0.6) is 0 Å². The highest BCUT2D eigenvalue weighted by atomic mass is 35.5. The van der Waals surface area contributed by atoms with Crippen molar-refractivity contribution in [2.45, 2.75) is 6.04 Å². The van der Waals surface area contributed by atoms with Crippen LogP contribution >= 0.6 is 11.6 Å². The lowest BCUT2D eigenvalue weighted by Gasteiger charge is -2.19. The summed E-state index contributed by atoms with van der Waals surface area (Å²) in [4.78, 5) is 3.28. The highest BCUT2D eigenvalue weighted by Crippen LogP contribution is 2.26. The summed E-state index contributed by atoms with van der Waals surface area (Å²) < 4.78 is 0. The number of benzene rings is 2. The predicted octanol–water partition coefficient (Wildman–Crippen LogP) is 4.87. The predicted molar refractivity (Wildman–Crippen MR) is 84.2 cm³/mol. The Morgan fingerprint density at radius 1 is 0.850 bits per heavy atom. The first-order valence-corrected chi connectivity index (χ1v) is 6.91. The van der Waals surface area contributed by atoms with Gasteiger partial charge in [-0.3, -0.25) is 0 Å². The van der Waals surface area contributed by atoms with E-state index >= 15 is 0 Å². The molecule has 2 N–H and O–H groups in total. The van der Waals surface area contributed by atoms with Gasteiger partial charge in [0.1, 0.15) is 0 Å². The summed E-state index contributed by atoms with van der Waals surface area (Å²) in [7, 11) is 0. The van der Waals surface area contributed by atoms with Crippen molar-refractivity contribution >= 4 is 17.3 Å². The van der Waals surface area contributed by atoms with Crippen LogP contribution in [0.4, 0.5) is 5.69 Å². The molecule has 20 heavy (non-hydrogen) atoms. The van der Waals surface area contributed by atoms with E-state index in [-0.39, 0.29) is 6.04 Å². The van der Waals surface area contributed by atoms with Crippen molar-refractivity contribution in [2.24, 2.45) is 0 Å². The van der Waals surface area contributed by atoms with Crippen molar-refractivity contribution in [3.63, 3.8) is 0 Å². The molecule has 3 rings (SSSR count). The highest BCUT2D eigenvalue weighted by Gasteiger charge is 2.14. The fourth-order valence-corrected chi connectivity index (χ4v) is 2.35. The van der Waals surface area contributed by atoms with Gasteiger partial charge in [-0.15, -0.1) is 0 Å². The zero-order valence-electron chi connectivity index (χ0n) is 10.9. The Morgan fingerprint density at radius 2 is 1.60 bits per heavy atom. The van der Waals surface area contributed by atoms with Crippen LogP contribution in [0.2, 0.25) is 5.02 Å². The van der Waals surface area contributed by atoms with Gasteiger partial charge in [0.05, 0.1) is 6.04 Å². The van der Waals surface area contributed by atoms with Gasteiger partial charge < -0.3 is 10.3 Å². The molecule has 1 aromatic heterocycles. The van der Waals surface area contributed by atoms with Crippen molar-refractivity contribution in [1.82, 2.24) is 4.98 Å². The Balaban J connectivity index is 1.92. The molecular formula is C17H15ClN2. The molecule has 2 nitrogen and oxygen atoms in total. The summed E-state index contributed by atoms with van der Waals surface area (Å²) in [5.41, 5.74) is 3.38. The molecule has 0 amide bonds. The van der Waals surface area contributed by atoms with Crippen molar-refractivity contribution in [1.29, 1.82) is 0 Å². The number of halogens is 1. The van der Waals surface area contributed by atoms with Crippen LogP contribution in [-0.2, 0) is 0 Å². The van der Waals surface area contributed by atoms with Gasteiger partial charge in [-0.05, 0) is 42.0 Å². The number of anilines is 1. The minimum absolute atomic E-state index is 0.0902. The Bertz CT molecular complexity index is 645. The highest BCUT2D eigenvalue weighted by molar-refractivity contribution is 6.30. The summed E-state index contributed by atoms with van der Waals surface area (Å²) in [6.45, 7) is 0. The van der Waals surface area contributed by atoms with E-state index in [1.165, 1.54) is 5.56 Å². The topological polar surface area (TPSA) is 27.8 Å². The smallest absolute Gasteiger partial charge is 0.0917 e. The maximum absolute atomic E-state index is 5.93. The van der Waals surface area contributed by atoms with E-state index in [4.69, 9.17) is 11.6 Å². The van der Waals surface area contributed by atoms with Crippen LogP contribution in [0, 0.1) is 0 Å². The minimum atomic E-state index is 0.0902. The number of hydrogen-bond acceptors (Lipinski definition) is 1. The molecule has 2 aromatic carbocycles. The number of aromatic nitrogens is 1. The van der Waals surface area contributed by atoms with E-state index in [1.54, 1.807) is 0 Å². The lowest BCUT2D eigenvalue weighted by atomic mass is 10.0. The lowest BCUT2D eigenvalue weighted by Crippen LogP contribution is -2.12. The minimum Gasteiger partial charge on any atom is -0.373 e. The van der Waals surface area contributed by atoms with Gasteiger partial charge in [0, 0.05) is 22.6 Å². The van der Waals surface area contributed by atoms with Crippen LogP contribution in [0.1, 0.15) is 17.3 Å². The Morgan fingerprint density at radius 3 is 2.25 bits per heavy atom. The van der Waals surface area contributed by atoms with E-state index in [2.05, 4.69) is 40.6 Å². The first kappa shape index (κ1) is 12.8. The van der Waals surface area contributed by atoms with Crippen molar-refractivity contribution in [3.8, 4) is 0 Å². The zero-order chi connectivity index (χ0) is 13.8. The molecule has 3 aromatic rings. The summed E-state index contributed by atoms with van der Waals surface area (Å²) in [5.74, 6) is 0.